The average Bonchev–Trinajstić information content (AvgIpc) is 2.61. The lowest BCUT2D eigenvalue weighted by Crippen LogP contribution is -2.09. The van der Waals surface area contributed by atoms with Crippen LogP contribution in [-0.4, -0.2) is 20.2 Å². The van der Waals surface area contributed by atoms with Gasteiger partial charge in [-0.2, -0.15) is 0 Å². The molecule has 0 unspecified atom stereocenters. The lowest BCUT2D eigenvalue weighted by molar-refractivity contribution is 0.0734. The van der Waals surface area contributed by atoms with Gasteiger partial charge < -0.3 is 14.2 Å². The zero-order valence-corrected chi connectivity index (χ0v) is 14.8. The van der Waals surface area contributed by atoms with Crippen LogP contribution in [0.25, 0.3) is 10.8 Å². The zero-order chi connectivity index (χ0) is 17.1. The molecule has 3 rings (SSSR count). The van der Waals surface area contributed by atoms with Gasteiger partial charge in [-0.1, -0.05) is 28.1 Å². The van der Waals surface area contributed by atoms with Gasteiger partial charge in [-0.05, 0) is 47.2 Å². The Hall–Kier alpha value is -2.53. The highest BCUT2D eigenvalue weighted by molar-refractivity contribution is 9.10. The number of halogens is 1. The number of carbonyl (C=O) groups excluding carboxylic acids is 1. The van der Waals surface area contributed by atoms with Crippen molar-refractivity contribution in [3.05, 3.63) is 64.6 Å². The molecule has 122 valence electrons. The molecule has 24 heavy (non-hydrogen) atoms. The van der Waals surface area contributed by atoms with Crippen molar-refractivity contribution in [3.63, 3.8) is 0 Å². The van der Waals surface area contributed by atoms with Crippen LogP contribution in [0.5, 0.6) is 17.2 Å². The number of methoxy groups -OCH3 is 2. The Labute approximate surface area is 148 Å². The Balaban J connectivity index is 1.88. The maximum atomic E-state index is 12.4. The summed E-state index contributed by atoms with van der Waals surface area (Å²) in [6.45, 7) is 0. The van der Waals surface area contributed by atoms with Gasteiger partial charge in [0.05, 0.1) is 19.8 Å². The molecular formula is C19H15BrO4. The van der Waals surface area contributed by atoms with Gasteiger partial charge in [0.2, 0.25) is 0 Å². The predicted octanol–water partition coefficient (Wildman–Crippen LogP) is 4.84. The van der Waals surface area contributed by atoms with Gasteiger partial charge in [-0.15, -0.1) is 0 Å². The molecule has 0 N–H and O–H groups in total. The van der Waals surface area contributed by atoms with E-state index in [0.717, 1.165) is 15.2 Å². The van der Waals surface area contributed by atoms with Crippen LogP contribution in [0.4, 0.5) is 0 Å². The molecule has 0 radical (unpaired) electrons. The Bertz CT molecular complexity index is 883. The number of benzene rings is 3. The van der Waals surface area contributed by atoms with Crippen molar-refractivity contribution in [2.24, 2.45) is 0 Å². The van der Waals surface area contributed by atoms with E-state index in [-0.39, 0.29) is 0 Å². The van der Waals surface area contributed by atoms with Crippen molar-refractivity contribution >= 4 is 32.7 Å². The van der Waals surface area contributed by atoms with Crippen LogP contribution >= 0.6 is 15.9 Å². The number of carbonyl (C=O) groups is 1. The highest BCUT2D eigenvalue weighted by atomic mass is 79.9. The first-order valence-electron chi connectivity index (χ1n) is 7.23. The second kappa shape index (κ2) is 6.93. The number of ether oxygens (including phenoxy) is 3. The van der Waals surface area contributed by atoms with Gasteiger partial charge in [-0.25, -0.2) is 4.79 Å². The van der Waals surface area contributed by atoms with Crippen LogP contribution in [0.3, 0.4) is 0 Å². The third-order valence-electron chi connectivity index (χ3n) is 3.57. The van der Waals surface area contributed by atoms with E-state index < -0.39 is 5.97 Å². The van der Waals surface area contributed by atoms with Crippen LogP contribution in [0.1, 0.15) is 10.4 Å². The van der Waals surface area contributed by atoms with Crippen molar-refractivity contribution in [3.8, 4) is 17.2 Å². The van der Waals surface area contributed by atoms with Crippen LogP contribution in [0.2, 0.25) is 0 Å². The molecule has 0 amide bonds. The average molecular weight is 387 g/mol. The quantitative estimate of drug-likeness (QED) is 0.475. The van der Waals surface area contributed by atoms with Gasteiger partial charge in [0.25, 0.3) is 0 Å². The first-order chi connectivity index (χ1) is 11.6. The van der Waals surface area contributed by atoms with Crippen molar-refractivity contribution in [2.75, 3.05) is 14.2 Å². The molecule has 4 nitrogen and oxygen atoms in total. The van der Waals surface area contributed by atoms with E-state index in [4.69, 9.17) is 14.2 Å². The van der Waals surface area contributed by atoms with E-state index in [0.29, 0.717) is 22.8 Å². The first-order valence-corrected chi connectivity index (χ1v) is 8.03. The van der Waals surface area contributed by atoms with Crippen molar-refractivity contribution in [2.45, 2.75) is 0 Å². The molecule has 3 aromatic rings. The Kier molecular flexibility index (Phi) is 4.71. The highest BCUT2D eigenvalue weighted by Gasteiger charge is 2.12. The van der Waals surface area contributed by atoms with Crippen LogP contribution < -0.4 is 14.2 Å². The molecule has 0 aliphatic carbocycles. The minimum atomic E-state index is -0.469. The van der Waals surface area contributed by atoms with Crippen LogP contribution in [0.15, 0.2) is 59.1 Å². The standard InChI is InChI=1S/C19H15BrO4/c1-22-17-9-14(10-18(11-17)23-2)19(21)24-16-6-4-12-7-15(20)5-3-13(12)8-16/h3-11H,1-2H3. The summed E-state index contributed by atoms with van der Waals surface area (Å²) in [5.74, 6) is 1.08. The van der Waals surface area contributed by atoms with Crippen molar-refractivity contribution in [1.29, 1.82) is 0 Å². The maximum Gasteiger partial charge on any atom is 0.343 e. The third-order valence-corrected chi connectivity index (χ3v) is 4.06. The van der Waals surface area contributed by atoms with Crippen LogP contribution in [0, 0.1) is 0 Å². The Morgan fingerprint density at radius 3 is 2.08 bits per heavy atom. The number of hydrogen-bond donors (Lipinski definition) is 0. The van der Waals surface area contributed by atoms with E-state index in [9.17, 15) is 4.79 Å². The lowest BCUT2D eigenvalue weighted by Gasteiger charge is -2.09. The maximum absolute atomic E-state index is 12.4. The Morgan fingerprint density at radius 1 is 0.792 bits per heavy atom. The summed E-state index contributed by atoms with van der Waals surface area (Å²) in [5, 5.41) is 2.05. The summed E-state index contributed by atoms with van der Waals surface area (Å²) < 4.78 is 16.8. The molecule has 3 aromatic carbocycles. The zero-order valence-electron chi connectivity index (χ0n) is 13.2. The van der Waals surface area contributed by atoms with Gasteiger partial charge >= 0.3 is 5.97 Å². The second-order valence-corrected chi connectivity index (χ2v) is 6.06. The predicted molar refractivity (Wildman–Crippen MR) is 96.2 cm³/mol. The number of esters is 1. The molecular weight excluding hydrogens is 372 g/mol. The second-order valence-electron chi connectivity index (χ2n) is 5.14. The molecule has 0 saturated carbocycles. The molecule has 5 heteroatoms. The summed E-state index contributed by atoms with van der Waals surface area (Å²) in [6.07, 6.45) is 0. The SMILES string of the molecule is COc1cc(OC)cc(C(=O)Oc2ccc3cc(Br)ccc3c2)c1. The van der Waals surface area contributed by atoms with Gasteiger partial charge in [0.1, 0.15) is 17.2 Å². The van der Waals surface area contributed by atoms with E-state index in [1.165, 1.54) is 14.2 Å². The number of rotatable bonds is 4. The van der Waals surface area contributed by atoms with E-state index >= 15 is 0 Å². The van der Waals surface area contributed by atoms with E-state index in [1.54, 1.807) is 24.3 Å². The molecule has 0 fully saturated rings. The summed E-state index contributed by atoms with van der Waals surface area (Å²) in [5.41, 5.74) is 0.363. The smallest absolute Gasteiger partial charge is 0.343 e. The molecule has 0 atom stereocenters. The normalized spacial score (nSPS) is 10.5. The molecule has 0 aliphatic heterocycles. The molecule has 0 spiro atoms. The topological polar surface area (TPSA) is 44.8 Å². The molecule has 0 aliphatic rings. The molecule has 0 aromatic heterocycles. The third kappa shape index (κ3) is 3.51. The fourth-order valence-electron chi connectivity index (χ4n) is 2.35. The monoisotopic (exact) mass is 386 g/mol. The Morgan fingerprint density at radius 2 is 1.42 bits per heavy atom. The molecule has 0 saturated heterocycles. The summed E-state index contributed by atoms with van der Waals surface area (Å²) >= 11 is 3.44. The summed E-state index contributed by atoms with van der Waals surface area (Å²) in [7, 11) is 3.07. The number of fused-ring (bicyclic) bond motifs is 1. The van der Waals surface area contributed by atoms with Gasteiger partial charge in [0.15, 0.2) is 0 Å². The first kappa shape index (κ1) is 16.3. The summed E-state index contributed by atoms with van der Waals surface area (Å²) in [6, 6.07) is 16.4. The minimum absolute atomic E-state index is 0.363. The highest BCUT2D eigenvalue weighted by Crippen LogP contribution is 2.26. The fraction of sp³-hybridized carbons (Fsp3) is 0.105. The van der Waals surface area contributed by atoms with Gasteiger partial charge in [-0.3, -0.25) is 0 Å². The fourth-order valence-corrected chi connectivity index (χ4v) is 2.73. The minimum Gasteiger partial charge on any atom is -0.497 e. The largest absolute Gasteiger partial charge is 0.497 e. The van der Waals surface area contributed by atoms with Crippen molar-refractivity contribution < 1.29 is 19.0 Å². The van der Waals surface area contributed by atoms with E-state index in [1.807, 2.05) is 30.3 Å². The van der Waals surface area contributed by atoms with Crippen molar-refractivity contribution in [1.82, 2.24) is 0 Å². The van der Waals surface area contributed by atoms with Crippen LogP contribution in [-0.2, 0) is 0 Å². The van der Waals surface area contributed by atoms with Gasteiger partial charge in [0, 0.05) is 10.5 Å². The summed E-state index contributed by atoms with van der Waals surface area (Å²) in [4.78, 5) is 12.4. The lowest BCUT2D eigenvalue weighted by atomic mass is 10.1. The molecule has 0 heterocycles. The van der Waals surface area contributed by atoms with E-state index in [2.05, 4.69) is 15.9 Å². The molecule has 0 bridgehead atoms. The number of hydrogen-bond acceptors (Lipinski definition) is 4.